The minimum atomic E-state index is -0.665. The third-order valence-electron chi connectivity index (χ3n) is 1.25. The van der Waals surface area contributed by atoms with E-state index >= 15 is 0 Å². The van der Waals surface area contributed by atoms with Gasteiger partial charge in [0.1, 0.15) is 19.8 Å². The Labute approximate surface area is 93.4 Å². The van der Waals surface area contributed by atoms with Crippen LogP contribution >= 0.6 is 0 Å². The summed E-state index contributed by atoms with van der Waals surface area (Å²) in [7, 11) is 1.45. The second-order valence-corrected chi connectivity index (χ2v) is 2.44. The minimum absolute atomic E-state index is 0. The topological polar surface area (TPSA) is 150 Å². The largest absolute Gasteiger partial charge is 0.870 e. The van der Waals surface area contributed by atoms with E-state index in [0.717, 1.165) is 0 Å². The summed E-state index contributed by atoms with van der Waals surface area (Å²) in [6.45, 7) is -0.398. The van der Waals surface area contributed by atoms with Crippen LogP contribution < -0.4 is 0 Å². The summed E-state index contributed by atoms with van der Waals surface area (Å²) in [5, 5.41) is 25.6. The Hall–Kier alpha value is -0.360. The van der Waals surface area contributed by atoms with Crippen molar-refractivity contribution in [2.24, 2.45) is 0 Å². The van der Waals surface area contributed by atoms with Gasteiger partial charge in [0.25, 0.3) is 0 Å². The molecule has 6 N–H and O–H groups in total. The lowest BCUT2D eigenvalue weighted by Gasteiger charge is -2.24. The second kappa shape index (κ2) is 12.7. The van der Waals surface area contributed by atoms with Crippen LogP contribution in [0.2, 0.25) is 0 Å². The Balaban J connectivity index is -0.000000845. The molecule has 0 bridgehead atoms. The van der Waals surface area contributed by atoms with Crippen LogP contribution in [0.1, 0.15) is 0 Å². The number of aliphatic hydroxyl groups excluding tert-OH is 3. The molecule has 0 unspecified atom stereocenters. The maximum atomic E-state index is 8.54. The Bertz CT molecular complexity index is 114. The van der Waals surface area contributed by atoms with Gasteiger partial charge in [0, 0.05) is 0 Å². The van der Waals surface area contributed by atoms with Gasteiger partial charge in [0.2, 0.25) is 0 Å². The van der Waals surface area contributed by atoms with Crippen LogP contribution in [0.25, 0.3) is 0 Å². The highest BCUT2D eigenvalue weighted by Gasteiger charge is 2.27. The summed E-state index contributed by atoms with van der Waals surface area (Å²) in [5.41, 5.74) is 0. The van der Waals surface area contributed by atoms with Crippen molar-refractivity contribution in [1.29, 1.82) is 0 Å². The van der Waals surface area contributed by atoms with Crippen molar-refractivity contribution in [3.8, 4) is 0 Å². The molecular weight excluding hydrogens is 226 g/mol. The molecule has 0 amide bonds. The monoisotopic (exact) mass is 247 g/mol. The molecule has 0 aromatic heterocycles. The normalized spacial score (nSPS) is 10.5. The molecule has 0 aliphatic rings. The van der Waals surface area contributed by atoms with Crippen molar-refractivity contribution in [3.05, 3.63) is 0 Å². The van der Waals surface area contributed by atoms with Crippen molar-refractivity contribution >= 4 is 0 Å². The van der Waals surface area contributed by atoms with Crippen molar-refractivity contribution in [1.82, 2.24) is 0 Å². The molecule has 0 radical (unpaired) electrons. The Morgan fingerprint density at radius 2 is 1.06 bits per heavy atom. The number of aliphatic hydroxyl groups is 3. The van der Waals surface area contributed by atoms with E-state index in [-0.39, 0.29) is 50.6 Å². The predicted octanol–water partition coefficient (Wildman–Crippen LogP) is -2.80. The molecule has 9 nitrogen and oxygen atoms in total. The molecule has 0 spiro atoms. The maximum absolute atomic E-state index is 8.54. The fraction of sp³-hybridized carbons (Fsp3) is 1.00. The van der Waals surface area contributed by atoms with Gasteiger partial charge in [0.05, 0.1) is 24.8 Å². The first-order valence-corrected chi connectivity index (χ1v) is 4.31. The lowest BCUT2D eigenvalue weighted by molar-refractivity contribution is -1.36. The van der Waals surface area contributed by atoms with Crippen LogP contribution in [0.3, 0.4) is 0 Å². The third-order valence-corrected chi connectivity index (χ3v) is 1.25. The van der Waals surface area contributed by atoms with E-state index in [1.54, 1.807) is 0 Å². The van der Waals surface area contributed by atoms with Crippen molar-refractivity contribution in [2.75, 3.05) is 46.7 Å². The maximum Gasteiger partial charge on any atom is 0.168 e. The Kier molecular flexibility index (Phi) is 16.7. The van der Waals surface area contributed by atoms with Gasteiger partial charge in [0.15, 0.2) is 7.05 Å². The van der Waals surface area contributed by atoms with Crippen LogP contribution in [0.15, 0.2) is 0 Å². The SMILES string of the molecule is C[N+](OCCO)(OCCO)OCCO.O.[OH-]. The quantitative estimate of drug-likeness (QED) is 0.294. The highest BCUT2D eigenvalue weighted by molar-refractivity contribution is 4.15. The van der Waals surface area contributed by atoms with Crippen molar-refractivity contribution in [3.63, 3.8) is 0 Å². The zero-order chi connectivity index (χ0) is 10.9. The van der Waals surface area contributed by atoms with Crippen LogP contribution in [-0.4, -0.2) is 77.9 Å². The van der Waals surface area contributed by atoms with E-state index in [4.69, 9.17) is 29.8 Å². The predicted molar refractivity (Wildman–Crippen MR) is 50.8 cm³/mol. The molecule has 0 heterocycles. The second-order valence-electron chi connectivity index (χ2n) is 2.44. The van der Waals surface area contributed by atoms with Gasteiger partial charge >= 0.3 is 0 Å². The number of nitrogens with zero attached hydrogens (tertiary/aromatic N) is 1. The zero-order valence-electron chi connectivity index (χ0n) is 9.20. The summed E-state index contributed by atoms with van der Waals surface area (Å²) in [4.78, 5) is 14.3. The molecule has 0 atom stereocenters. The molecule has 0 aliphatic heterocycles. The van der Waals surface area contributed by atoms with Gasteiger partial charge in [-0.05, 0) is 0 Å². The first-order valence-electron chi connectivity index (χ1n) is 4.31. The smallest absolute Gasteiger partial charge is 0.168 e. The first-order chi connectivity index (χ1) is 6.68. The van der Waals surface area contributed by atoms with E-state index in [1.165, 1.54) is 7.05 Å². The number of hydrogen-bond donors (Lipinski definition) is 3. The average molecular weight is 247 g/mol. The summed E-state index contributed by atoms with van der Waals surface area (Å²) in [5.74, 6) is 0. The average Bonchev–Trinajstić information content (AvgIpc) is 2.21. The summed E-state index contributed by atoms with van der Waals surface area (Å²) >= 11 is 0. The molecule has 0 rings (SSSR count). The lowest BCUT2D eigenvalue weighted by Crippen LogP contribution is -2.45. The zero-order valence-corrected chi connectivity index (χ0v) is 9.20. The Morgan fingerprint density at radius 3 is 1.25 bits per heavy atom. The first kappa shape index (κ1) is 21.0. The van der Waals surface area contributed by atoms with E-state index in [9.17, 15) is 0 Å². The van der Waals surface area contributed by atoms with Crippen LogP contribution in [0.4, 0.5) is 0 Å². The molecule has 16 heavy (non-hydrogen) atoms. The van der Waals surface area contributed by atoms with Crippen LogP contribution in [0, 0.1) is 0 Å². The molecule has 0 saturated carbocycles. The van der Waals surface area contributed by atoms with E-state index in [0.29, 0.717) is 0 Å². The molecule has 0 saturated heterocycles. The minimum Gasteiger partial charge on any atom is -0.870 e. The fourth-order valence-electron chi connectivity index (χ4n) is 0.732. The van der Waals surface area contributed by atoms with E-state index < -0.39 is 4.97 Å². The van der Waals surface area contributed by atoms with Gasteiger partial charge in [-0.1, -0.05) is 0 Å². The number of hydrogen-bond acceptors (Lipinski definition) is 7. The van der Waals surface area contributed by atoms with Gasteiger partial charge in [-0.3, -0.25) is 0 Å². The standard InChI is InChI=1S/C7H18NO6.2H2O/c1-8(12-5-2-9,13-6-3-10)14-7-4-11;;/h9-11H,2-7H2,1H3;2*1H2/q+1;;/p-1. The van der Waals surface area contributed by atoms with Gasteiger partial charge in [-0.2, -0.15) is 0 Å². The third kappa shape index (κ3) is 10.2. The van der Waals surface area contributed by atoms with Gasteiger partial charge < -0.3 is 26.3 Å². The number of quaternary nitrogens is 1. The van der Waals surface area contributed by atoms with Gasteiger partial charge in [-0.15, -0.1) is 14.5 Å². The van der Waals surface area contributed by atoms with E-state index in [1.807, 2.05) is 0 Å². The summed E-state index contributed by atoms with van der Waals surface area (Å²) in [6, 6.07) is 0. The molecule has 102 valence electrons. The molecule has 0 aliphatic carbocycles. The highest BCUT2D eigenvalue weighted by Crippen LogP contribution is 2.06. The molecule has 0 fully saturated rings. The van der Waals surface area contributed by atoms with Crippen molar-refractivity contribution < 1.29 is 45.8 Å². The molecule has 0 aromatic rings. The highest BCUT2D eigenvalue weighted by atomic mass is 17.2. The van der Waals surface area contributed by atoms with E-state index in [2.05, 4.69) is 0 Å². The van der Waals surface area contributed by atoms with Crippen molar-refractivity contribution in [2.45, 2.75) is 0 Å². The Morgan fingerprint density at radius 1 is 0.812 bits per heavy atom. The van der Waals surface area contributed by atoms with Gasteiger partial charge in [-0.25, -0.2) is 0 Å². The molecule has 9 heteroatoms. The summed E-state index contributed by atoms with van der Waals surface area (Å²) in [6.07, 6.45) is 0. The lowest BCUT2D eigenvalue weighted by atomic mass is 10.8. The molecule has 0 aromatic carbocycles. The van der Waals surface area contributed by atoms with Crippen LogP contribution in [0.5, 0.6) is 0 Å². The number of rotatable bonds is 9. The molecular formula is C7H21NO8. The summed E-state index contributed by atoms with van der Waals surface area (Å²) < 4.78 is 0. The fourth-order valence-corrected chi connectivity index (χ4v) is 0.732. The van der Waals surface area contributed by atoms with Crippen LogP contribution in [-0.2, 0) is 14.5 Å². The number of hydroxylamine groups is 3.